The molecule has 0 bridgehead atoms. The number of rotatable bonds is 1. The molecule has 0 N–H and O–H groups in total. The van der Waals surface area contributed by atoms with E-state index in [2.05, 4.69) is 6.07 Å². The van der Waals surface area contributed by atoms with Crippen molar-refractivity contribution in [3.8, 4) is 0 Å². The second-order valence-corrected chi connectivity index (χ2v) is 5.24. The minimum Gasteiger partial charge on any atom is -0.465 e. The van der Waals surface area contributed by atoms with Crippen molar-refractivity contribution < 1.29 is 42.8 Å². The van der Waals surface area contributed by atoms with Gasteiger partial charge in [0.2, 0.25) is 5.52 Å². The molecule has 0 unspecified atom stereocenters. The van der Waals surface area contributed by atoms with Crippen LogP contribution in [-0.4, -0.2) is 13.1 Å². The predicted octanol–water partition coefficient (Wildman–Crippen LogP) is -2.39. The largest absolute Gasteiger partial charge is 0.465 e. The van der Waals surface area contributed by atoms with Gasteiger partial charge in [-0.2, -0.15) is 4.40 Å². The minimum absolute atomic E-state index is 0.309. The van der Waals surface area contributed by atoms with E-state index in [-0.39, 0.29) is 5.97 Å². The summed E-state index contributed by atoms with van der Waals surface area (Å²) in [6.45, 7) is 0. The molecule has 2 aromatic heterocycles. The summed E-state index contributed by atoms with van der Waals surface area (Å²) in [6.07, 6.45) is 3.92. The first-order valence-corrected chi connectivity index (χ1v) is 7.56. The number of carbonyl (C=O) groups excluding carboxylic acids is 1. The maximum atomic E-state index is 11.7. The highest BCUT2D eigenvalue weighted by molar-refractivity contribution is 6.04. The van der Waals surface area contributed by atoms with Gasteiger partial charge in [-0.15, -0.1) is 10.2 Å². The Morgan fingerprint density at radius 3 is 2.43 bits per heavy atom. The van der Waals surface area contributed by atoms with E-state index in [9.17, 15) is 4.79 Å². The zero-order valence-corrected chi connectivity index (χ0v) is 12.7. The number of carbonyl (C=O) groups is 1. The molecule has 23 heavy (non-hydrogen) atoms. The minimum atomic E-state index is -4.94. The molecular formula is C15H12ClNO6. The van der Waals surface area contributed by atoms with Crippen molar-refractivity contribution in [2.24, 2.45) is 0 Å². The lowest BCUT2D eigenvalue weighted by Gasteiger charge is -2.17. The summed E-state index contributed by atoms with van der Waals surface area (Å²) in [5, 5.41) is 1.93. The van der Waals surface area contributed by atoms with Gasteiger partial charge in [0.15, 0.2) is 12.4 Å². The highest BCUT2D eigenvalue weighted by Crippen LogP contribution is 2.19. The van der Waals surface area contributed by atoms with E-state index in [1.807, 2.05) is 47.1 Å². The second-order valence-electron chi connectivity index (χ2n) is 4.48. The maximum absolute atomic E-state index is 11.7. The van der Waals surface area contributed by atoms with Crippen LogP contribution < -0.4 is 23.0 Å². The number of pyridine rings is 2. The van der Waals surface area contributed by atoms with E-state index in [1.54, 1.807) is 6.07 Å². The number of methoxy groups -OCH3 is 1. The van der Waals surface area contributed by atoms with E-state index in [0.29, 0.717) is 5.56 Å². The van der Waals surface area contributed by atoms with Crippen molar-refractivity contribution in [2.45, 2.75) is 0 Å². The molecule has 1 aromatic carbocycles. The molecular weight excluding hydrogens is 326 g/mol. The van der Waals surface area contributed by atoms with Crippen molar-refractivity contribution in [1.82, 2.24) is 0 Å². The summed E-state index contributed by atoms with van der Waals surface area (Å²) in [5.41, 5.74) is 1.68. The van der Waals surface area contributed by atoms with Crippen molar-refractivity contribution in [1.29, 1.82) is 0 Å². The normalized spacial score (nSPS) is 11.0. The summed E-state index contributed by atoms with van der Waals surface area (Å²) < 4.78 is 40.8. The second kappa shape index (κ2) is 6.86. The van der Waals surface area contributed by atoms with E-state index in [0.717, 1.165) is 16.3 Å². The number of esters is 1. The number of aromatic nitrogens is 1. The van der Waals surface area contributed by atoms with Crippen LogP contribution in [0.3, 0.4) is 0 Å². The molecule has 120 valence electrons. The molecule has 0 fully saturated rings. The van der Waals surface area contributed by atoms with Gasteiger partial charge in [0.1, 0.15) is 0 Å². The Bertz CT molecular complexity index is 840. The van der Waals surface area contributed by atoms with Gasteiger partial charge in [0.25, 0.3) is 0 Å². The SMILES string of the molecule is COC(=O)c1cccc2cc3cccc[n+]3cc12.[O-][Cl+3]([O-])([O-])[O-]. The van der Waals surface area contributed by atoms with Crippen molar-refractivity contribution in [3.63, 3.8) is 0 Å². The third kappa shape index (κ3) is 4.59. The average Bonchev–Trinajstić information content (AvgIpc) is 2.50. The fourth-order valence-electron chi connectivity index (χ4n) is 2.15. The molecule has 0 radical (unpaired) electrons. The molecule has 8 heteroatoms. The van der Waals surface area contributed by atoms with Gasteiger partial charge in [0, 0.05) is 18.2 Å². The quantitative estimate of drug-likeness (QED) is 0.277. The molecule has 3 rings (SSSR count). The van der Waals surface area contributed by atoms with Gasteiger partial charge in [0.05, 0.1) is 18.1 Å². The smallest absolute Gasteiger partial charge is 0.338 e. The Balaban J connectivity index is 0.000000338. The van der Waals surface area contributed by atoms with Crippen LogP contribution in [-0.2, 0) is 4.74 Å². The predicted molar refractivity (Wildman–Crippen MR) is 68.4 cm³/mol. The highest BCUT2D eigenvalue weighted by atomic mass is 35.7. The summed E-state index contributed by atoms with van der Waals surface area (Å²) >= 11 is 0. The van der Waals surface area contributed by atoms with Gasteiger partial charge in [-0.25, -0.2) is 23.4 Å². The first-order chi connectivity index (χ1) is 10.8. The van der Waals surface area contributed by atoms with E-state index in [4.69, 9.17) is 23.4 Å². The zero-order chi connectivity index (χ0) is 17.0. The molecule has 0 aliphatic rings. The molecule has 2 heterocycles. The number of hydrogen-bond donors (Lipinski definition) is 0. The number of nitrogens with zero attached hydrogens (tertiary/aromatic N) is 1. The summed E-state index contributed by atoms with van der Waals surface area (Å²) in [5.74, 6) is -0.309. The topological polar surface area (TPSA) is 123 Å². The monoisotopic (exact) mass is 337 g/mol. The van der Waals surface area contributed by atoms with Crippen LogP contribution in [0.15, 0.2) is 54.9 Å². The number of fused-ring (bicyclic) bond motifs is 2. The third-order valence-corrected chi connectivity index (χ3v) is 3.04. The van der Waals surface area contributed by atoms with Crippen molar-refractivity contribution in [3.05, 3.63) is 60.4 Å². The van der Waals surface area contributed by atoms with Crippen LogP contribution in [0.4, 0.5) is 0 Å². The molecule has 0 saturated heterocycles. The molecule has 7 nitrogen and oxygen atoms in total. The van der Waals surface area contributed by atoms with Gasteiger partial charge >= 0.3 is 5.97 Å². The molecule has 0 amide bonds. The van der Waals surface area contributed by atoms with Gasteiger partial charge < -0.3 is 4.74 Å². The van der Waals surface area contributed by atoms with Crippen LogP contribution >= 0.6 is 0 Å². The van der Waals surface area contributed by atoms with Crippen molar-refractivity contribution >= 4 is 22.3 Å². The van der Waals surface area contributed by atoms with Gasteiger partial charge in [-0.1, -0.05) is 12.1 Å². The summed E-state index contributed by atoms with van der Waals surface area (Å²) in [6, 6.07) is 13.7. The number of benzene rings is 1. The fraction of sp³-hybridized carbons (Fsp3) is 0.0667. The third-order valence-electron chi connectivity index (χ3n) is 3.04. The molecule has 0 spiro atoms. The molecule has 0 aliphatic heterocycles. The number of ether oxygens (including phenoxy) is 1. The fourth-order valence-corrected chi connectivity index (χ4v) is 2.15. The first kappa shape index (κ1) is 17.1. The number of halogens is 1. The molecule has 0 aliphatic carbocycles. The lowest BCUT2D eigenvalue weighted by Crippen LogP contribution is -2.68. The number of hydrogen-bond acceptors (Lipinski definition) is 6. The molecule has 0 atom stereocenters. The first-order valence-electron chi connectivity index (χ1n) is 6.32. The standard InChI is InChI=1S/C15H12NO2.ClHO4/c1-18-15(17)13-7-4-5-11-9-12-6-2-3-8-16(12)10-14(11)13;2-1(3,4)5/h2-10H,1H3;(H,2,3,4,5)/q+1;/p-1. The summed E-state index contributed by atoms with van der Waals surface area (Å²) in [7, 11) is -3.55. The lowest BCUT2D eigenvalue weighted by atomic mass is 10.1. The Labute approximate surface area is 133 Å². The molecule has 3 aromatic rings. The maximum Gasteiger partial charge on any atom is 0.338 e. The highest BCUT2D eigenvalue weighted by Gasteiger charge is 2.13. The van der Waals surface area contributed by atoms with Crippen LogP contribution in [0.25, 0.3) is 16.3 Å². The Morgan fingerprint density at radius 2 is 1.78 bits per heavy atom. The summed E-state index contributed by atoms with van der Waals surface area (Å²) in [4.78, 5) is 11.7. The average molecular weight is 338 g/mol. The Hall–Kier alpha value is -2.29. The van der Waals surface area contributed by atoms with E-state index >= 15 is 0 Å². The van der Waals surface area contributed by atoms with Crippen molar-refractivity contribution in [2.75, 3.05) is 7.11 Å². The Morgan fingerprint density at radius 1 is 1.09 bits per heavy atom. The van der Waals surface area contributed by atoms with Crippen LogP contribution in [0.5, 0.6) is 0 Å². The van der Waals surface area contributed by atoms with Crippen LogP contribution in [0.1, 0.15) is 10.4 Å². The van der Waals surface area contributed by atoms with E-state index < -0.39 is 10.2 Å². The zero-order valence-electron chi connectivity index (χ0n) is 12.0. The van der Waals surface area contributed by atoms with Gasteiger partial charge in [-0.05, 0) is 17.5 Å². The molecule has 0 saturated carbocycles. The lowest BCUT2D eigenvalue weighted by molar-refractivity contribution is -2.00. The van der Waals surface area contributed by atoms with Crippen LogP contribution in [0.2, 0.25) is 0 Å². The van der Waals surface area contributed by atoms with Gasteiger partial charge in [-0.3, -0.25) is 0 Å². The van der Waals surface area contributed by atoms with Crippen LogP contribution in [0, 0.1) is 10.2 Å². The van der Waals surface area contributed by atoms with E-state index in [1.165, 1.54) is 7.11 Å². The Kier molecular flexibility index (Phi) is 5.09.